The molecule has 1 aromatic heterocycles. The normalized spacial score (nSPS) is 20.1. The van der Waals surface area contributed by atoms with Gasteiger partial charge in [0.25, 0.3) is 5.56 Å². The molecule has 6 nitrogen and oxygen atoms in total. The molecular weight excluding hydrogens is 217 g/mol. The molecule has 1 saturated heterocycles. The smallest absolute Gasteiger partial charge is 0.324 e. The van der Waals surface area contributed by atoms with E-state index < -0.39 is 23.2 Å². The maximum absolute atomic E-state index is 13.0. The third-order valence-electron chi connectivity index (χ3n) is 2.64. The molecule has 0 aromatic carbocycles. The number of hydrogen-bond acceptors (Lipinski definition) is 3. The zero-order valence-electron chi connectivity index (χ0n) is 8.35. The molecule has 0 saturated carbocycles. The minimum absolute atomic E-state index is 0.503. The van der Waals surface area contributed by atoms with E-state index in [2.05, 4.69) is 0 Å². The molecule has 1 unspecified atom stereocenters. The van der Waals surface area contributed by atoms with E-state index in [0.29, 0.717) is 19.4 Å². The highest BCUT2D eigenvalue weighted by atomic mass is 19.1. The number of aromatic amines is 1. The summed E-state index contributed by atoms with van der Waals surface area (Å²) in [6.07, 6.45) is 2.28. The fraction of sp³-hybridized carbons (Fsp3) is 0.444. The summed E-state index contributed by atoms with van der Waals surface area (Å²) in [6, 6.07) is 0. The Morgan fingerprint density at radius 2 is 2.25 bits per heavy atom. The van der Waals surface area contributed by atoms with Gasteiger partial charge in [0.15, 0.2) is 0 Å². The molecule has 0 aliphatic carbocycles. The molecular formula is C9H10FN3O3. The molecule has 0 radical (unpaired) electrons. The predicted molar refractivity (Wildman–Crippen MR) is 52.3 cm³/mol. The molecule has 1 aromatic rings. The van der Waals surface area contributed by atoms with Crippen LogP contribution in [0.25, 0.3) is 0 Å². The molecule has 1 aliphatic heterocycles. The Balaban J connectivity index is 2.48. The summed E-state index contributed by atoms with van der Waals surface area (Å²) in [5.74, 6) is -1.03. The fourth-order valence-electron chi connectivity index (χ4n) is 1.88. The second kappa shape index (κ2) is 3.92. The summed E-state index contributed by atoms with van der Waals surface area (Å²) < 4.78 is 14.1. The fourth-order valence-corrected chi connectivity index (χ4v) is 1.88. The first kappa shape index (κ1) is 10.6. The zero-order chi connectivity index (χ0) is 11.7. The first-order chi connectivity index (χ1) is 7.63. The maximum Gasteiger partial charge on any atom is 0.330 e. The molecule has 0 spiro atoms. The van der Waals surface area contributed by atoms with Crippen molar-refractivity contribution in [3.8, 4) is 0 Å². The van der Waals surface area contributed by atoms with Gasteiger partial charge in [-0.3, -0.25) is 19.1 Å². The lowest BCUT2D eigenvalue weighted by Crippen LogP contribution is -2.38. The number of nitrogens with zero attached hydrogens (tertiary/aromatic N) is 2. The van der Waals surface area contributed by atoms with Gasteiger partial charge >= 0.3 is 5.69 Å². The summed E-state index contributed by atoms with van der Waals surface area (Å²) in [6.45, 7) is 0.529. The highest BCUT2D eigenvalue weighted by Crippen LogP contribution is 2.23. The molecule has 86 valence electrons. The Hall–Kier alpha value is -1.92. The molecule has 1 N–H and O–H groups in total. The molecule has 16 heavy (non-hydrogen) atoms. The largest absolute Gasteiger partial charge is 0.330 e. The number of aromatic nitrogens is 2. The number of nitrogens with one attached hydrogen (secondary N) is 1. The minimum atomic E-state index is -1.04. The van der Waals surface area contributed by atoms with E-state index in [1.165, 1.54) is 4.90 Å². The average Bonchev–Trinajstić information content (AvgIpc) is 2.71. The minimum Gasteiger partial charge on any atom is -0.324 e. The third-order valence-corrected chi connectivity index (χ3v) is 2.64. The van der Waals surface area contributed by atoms with E-state index in [-0.39, 0.29) is 0 Å². The van der Waals surface area contributed by atoms with Crippen molar-refractivity contribution >= 4 is 6.41 Å². The Labute approximate surface area is 89.3 Å². The lowest BCUT2D eigenvalue weighted by molar-refractivity contribution is -0.120. The Kier molecular flexibility index (Phi) is 2.59. The average molecular weight is 227 g/mol. The SMILES string of the molecule is O=CN1CCCC1n1cc(F)c(=O)[nH]c1=O. The van der Waals surface area contributed by atoms with Gasteiger partial charge in [0.05, 0.1) is 6.20 Å². The van der Waals surface area contributed by atoms with Crippen LogP contribution in [0.5, 0.6) is 0 Å². The van der Waals surface area contributed by atoms with Gasteiger partial charge in [-0.2, -0.15) is 4.39 Å². The number of carbonyl (C=O) groups excluding carboxylic acids is 1. The Bertz CT molecular complexity index is 521. The number of likely N-dealkylation sites (tertiary alicyclic amines) is 1. The predicted octanol–water partition coefficient (Wildman–Crippen LogP) is -0.574. The Morgan fingerprint density at radius 1 is 1.50 bits per heavy atom. The number of rotatable bonds is 2. The number of carbonyl (C=O) groups is 1. The van der Waals surface area contributed by atoms with Crippen molar-refractivity contribution in [2.75, 3.05) is 6.54 Å². The van der Waals surface area contributed by atoms with E-state index in [9.17, 15) is 18.8 Å². The van der Waals surface area contributed by atoms with E-state index in [4.69, 9.17) is 0 Å². The summed E-state index contributed by atoms with van der Waals surface area (Å²) in [5, 5.41) is 0. The second-order valence-electron chi connectivity index (χ2n) is 3.61. The van der Waals surface area contributed by atoms with Crippen LogP contribution in [-0.2, 0) is 4.79 Å². The molecule has 1 atom stereocenters. The molecule has 2 rings (SSSR count). The number of hydrogen-bond donors (Lipinski definition) is 1. The van der Waals surface area contributed by atoms with Crippen molar-refractivity contribution in [1.82, 2.24) is 14.5 Å². The van der Waals surface area contributed by atoms with Gasteiger partial charge in [-0.25, -0.2) is 4.79 Å². The third kappa shape index (κ3) is 1.64. The van der Waals surface area contributed by atoms with Crippen molar-refractivity contribution in [2.24, 2.45) is 0 Å². The van der Waals surface area contributed by atoms with Crippen LogP contribution in [0.4, 0.5) is 4.39 Å². The highest BCUT2D eigenvalue weighted by molar-refractivity contribution is 5.47. The monoisotopic (exact) mass is 227 g/mol. The van der Waals surface area contributed by atoms with Crippen molar-refractivity contribution in [1.29, 1.82) is 0 Å². The maximum atomic E-state index is 13.0. The topological polar surface area (TPSA) is 75.2 Å². The van der Waals surface area contributed by atoms with Gasteiger partial charge in [-0.15, -0.1) is 0 Å². The molecule has 0 bridgehead atoms. The van der Waals surface area contributed by atoms with Gasteiger partial charge in [0.1, 0.15) is 6.17 Å². The molecule has 1 fully saturated rings. The van der Waals surface area contributed by atoms with Crippen molar-refractivity contribution < 1.29 is 9.18 Å². The number of halogens is 1. The van der Waals surface area contributed by atoms with Crippen molar-refractivity contribution in [2.45, 2.75) is 19.0 Å². The van der Waals surface area contributed by atoms with E-state index in [1.807, 2.05) is 4.98 Å². The first-order valence-corrected chi connectivity index (χ1v) is 4.85. The Morgan fingerprint density at radius 3 is 2.94 bits per heavy atom. The van der Waals surface area contributed by atoms with Gasteiger partial charge in [-0.05, 0) is 12.8 Å². The van der Waals surface area contributed by atoms with Crippen LogP contribution < -0.4 is 11.2 Å². The van der Waals surface area contributed by atoms with Crippen LogP contribution in [-0.4, -0.2) is 27.4 Å². The quantitative estimate of drug-likeness (QED) is 0.687. The van der Waals surface area contributed by atoms with Gasteiger partial charge in [-0.1, -0.05) is 0 Å². The zero-order valence-corrected chi connectivity index (χ0v) is 8.35. The standard InChI is InChI=1S/C9H10FN3O3/c10-6-4-13(9(16)11-8(6)15)7-2-1-3-12(7)5-14/h4-5,7H,1-3H2,(H,11,15,16). The lowest BCUT2D eigenvalue weighted by Gasteiger charge is -2.21. The highest BCUT2D eigenvalue weighted by Gasteiger charge is 2.25. The summed E-state index contributed by atoms with van der Waals surface area (Å²) >= 11 is 0. The van der Waals surface area contributed by atoms with Crippen LogP contribution in [0.15, 0.2) is 15.8 Å². The molecule has 7 heteroatoms. The summed E-state index contributed by atoms with van der Waals surface area (Å²) in [5.41, 5.74) is -1.75. The van der Waals surface area contributed by atoms with Gasteiger partial charge < -0.3 is 4.90 Å². The van der Waals surface area contributed by atoms with Crippen LogP contribution >= 0.6 is 0 Å². The molecule has 2 heterocycles. The molecule has 1 aliphatic rings. The number of amides is 1. The second-order valence-corrected chi connectivity index (χ2v) is 3.61. The van der Waals surface area contributed by atoms with Crippen LogP contribution in [0.2, 0.25) is 0 Å². The van der Waals surface area contributed by atoms with Crippen molar-refractivity contribution in [3.05, 3.63) is 32.9 Å². The first-order valence-electron chi connectivity index (χ1n) is 4.85. The van der Waals surface area contributed by atoms with Gasteiger partial charge in [0, 0.05) is 6.54 Å². The van der Waals surface area contributed by atoms with E-state index in [0.717, 1.165) is 17.2 Å². The summed E-state index contributed by atoms with van der Waals surface area (Å²) in [4.78, 5) is 36.2. The molecule has 1 amide bonds. The van der Waals surface area contributed by atoms with E-state index in [1.54, 1.807) is 0 Å². The lowest BCUT2D eigenvalue weighted by atomic mass is 10.3. The van der Waals surface area contributed by atoms with Gasteiger partial charge in [0.2, 0.25) is 12.2 Å². The van der Waals surface area contributed by atoms with E-state index >= 15 is 0 Å². The van der Waals surface area contributed by atoms with Crippen LogP contribution in [0.3, 0.4) is 0 Å². The van der Waals surface area contributed by atoms with Crippen LogP contribution in [0.1, 0.15) is 19.0 Å². The van der Waals surface area contributed by atoms with Crippen LogP contribution in [0, 0.1) is 5.82 Å². The van der Waals surface area contributed by atoms with Crippen molar-refractivity contribution in [3.63, 3.8) is 0 Å². The summed E-state index contributed by atoms with van der Waals surface area (Å²) in [7, 11) is 0. The number of H-pyrrole nitrogens is 1.